The molecular formula is C15H22N2OS. The smallest absolute Gasteiger partial charge is 0.146 e. The first-order chi connectivity index (χ1) is 9.25. The van der Waals surface area contributed by atoms with Crippen LogP contribution in [0.1, 0.15) is 19.8 Å². The third kappa shape index (κ3) is 4.80. The van der Waals surface area contributed by atoms with E-state index in [1.165, 1.54) is 25.9 Å². The lowest BCUT2D eigenvalue weighted by Crippen LogP contribution is -2.39. The van der Waals surface area contributed by atoms with Gasteiger partial charge in [0.25, 0.3) is 0 Å². The van der Waals surface area contributed by atoms with Gasteiger partial charge < -0.3 is 15.0 Å². The molecule has 1 atom stereocenters. The standard InChI is InChI=1S/C15H22N2OS/c1-13(18-14-7-3-2-4-8-14)15(19)16-9-12-17-10-5-6-11-17/h2-4,7-8,13H,5-6,9-12H2,1H3,(H,16,19). The number of ether oxygens (including phenoxy) is 1. The molecule has 0 saturated carbocycles. The van der Waals surface area contributed by atoms with Crippen molar-refractivity contribution >= 4 is 17.2 Å². The minimum Gasteiger partial charge on any atom is -0.484 e. The van der Waals surface area contributed by atoms with Gasteiger partial charge in [-0.3, -0.25) is 0 Å². The lowest BCUT2D eigenvalue weighted by atomic mass is 10.3. The van der Waals surface area contributed by atoms with Gasteiger partial charge in [0.2, 0.25) is 0 Å². The molecule has 1 aliphatic rings. The zero-order chi connectivity index (χ0) is 13.5. The highest BCUT2D eigenvalue weighted by Gasteiger charge is 2.13. The van der Waals surface area contributed by atoms with Crippen LogP contribution in [0.5, 0.6) is 5.75 Å². The monoisotopic (exact) mass is 278 g/mol. The average molecular weight is 278 g/mol. The summed E-state index contributed by atoms with van der Waals surface area (Å²) in [6.07, 6.45) is 2.58. The zero-order valence-electron chi connectivity index (χ0n) is 11.5. The van der Waals surface area contributed by atoms with Crippen LogP contribution in [0, 0.1) is 0 Å². The zero-order valence-corrected chi connectivity index (χ0v) is 12.3. The van der Waals surface area contributed by atoms with Crippen LogP contribution in [0.3, 0.4) is 0 Å². The van der Waals surface area contributed by atoms with Gasteiger partial charge in [0.1, 0.15) is 16.8 Å². The van der Waals surface area contributed by atoms with Crippen molar-refractivity contribution in [2.24, 2.45) is 0 Å². The lowest BCUT2D eigenvalue weighted by molar-refractivity contribution is 0.283. The van der Waals surface area contributed by atoms with Crippen LogP contribution >= 0.6 is 12.2 Å². The topological polar surface area (TPSA) is 24.5 Å². The largest absolute Gasteiger partial charge is 0.484 e. The Balaban J connectivity index is 1.67. The molecular weight excluding hydrogens is 256 g/mol. The van der Waals surface area contributed by atoms with Crippen molar-refractivity contribution < 1.29 is 4.74 Å². The van der Waals surface area contributed by atoms with Crippen LogP contribution in [0.15, 0.2) is 30.3 Å². The Labute approximate surface area is 120 Å². The quantitative estimate of drug-likeness (QED) is 0.808. The van der Waals surface area contributed by atoms with Crippen LogP contribution in [0.4, 0.5) is 0 Å². The Morgan fingerprint density at radius 1 is 1.32 bits per heavy atom. The highest BCUT2D eigenvalue weighted by molar-refractivity contribution is 7.80. The van der Waals surface area contributed by atoms with Crippen molar-refractivity contribution in [3.05, 3.63) is 30.3 Å². The molecule has 1 fully saturated rings. The second-order valence-electron chi connectivity index (χ2n) is 4.91. The summed E-state index contributed by atoms with van der Waals surface area (Å²) in [5.74, 6) is 0.860. The fraction of sp³-hybridized carbons (Fsp3) is 0.533. The molecule has 0 radical (unpaired) electrons. The Morgan fingerprint density at radius 3 is 2.68 bits per heavy atom. The molecule has 0 amide bonds. The fourth-order valence-electron chi connectivity index (χ4n) is 2.24. The molecule has 0 spiro atoms. The van der Waals surface area contributed by atoms with Crippen molar-refractivity contribution in [2.45, 2.75) is 25.9 Å². The van der Waals surface area contributed by atoms with Crippen LogP contribution in [0.25, 0.3) is 0 Å². The van der Waals surface area contributed by atoms with Crippen molar-refractivity contribution in [1.82, 2.24) is 10.2 Å². The molecule has 0 aromatic heterocycles. The minimum absolute atomic E-state index is 0.0871. The van der Waals surface area contributed by atoms with Gasteiger partial charge in [0.05, 0.1) is 0 Å². The lowest BCUT2D eigenvalue weighted by Gasteiger charge is -2.19. The first-order valence-corrected chi connectivity index (χ1v) is 7.38. The van der Waals surface area contributed by atoms with Gasteiger partial charge in [-0.1, -0.05) is 30.4 Å². The van der Waals surface area contributed by atoms with E-state index in [1.807, 2.05) is 37.3 Å². The van der Waals surface area contributed by atoms with Gasteiger partial charge >= 0.3 is 0 Å². The maximum absolute atomic E-state index is 5.78. The maximum Gasteiger partial charge on any atom is 0.146 e. The highest BCUT2D eigenvalue weighted by atomic mass is 32.1. The predicted octanol–water partition coefficient (Wildman–Crippen LogP) is 2.47. The Bertz CT molecular complexity index is 390. The first-order valence-electron chi connectivity index (χ1n) is 6.97. The number of nitrogens with one attached hydrogen (secondary N) is 1. The third-order valence-corrected chi connectivity index (χ3v) is 3.83. The van der Waals surface area contributed by atoms with Crippen LogP contribution in [-0.2, 0) is 0 Å². The van der Waals surface area contributed by atoms with E-state index in [2.05, 4.69) is 10.2 Å². The molecule has 1 aliphatic heterocycles. The van der Waals surface area contributed by atoms with Gasteiger partial charge in [-0.2, -0.15) is 0 Å². The summed E-state index contributed by atoms with van der Waals surface area (Å²) in [5.41, 5.74) is 0. The molecule has 1 N–H and O–H groups in total. The number of benzene rings is 1. The van der Waals surface area contributed by atoms with E-state index < -0.39 is 0 Å². The number of hydrogen-bond acceptors (Lipinski definition) is 3. The number of likely N-dealkylation sites (tertiary alicyclic amines) is 1. The molecule has 3 nitrogen and oxygen atoms in total. The van der Waals surface area contributed by atoms with Crippen molar-refractivity contribution in [2.75, 3.05) is 26.2 Å². The molecule has 4 heteroatoms. The van der Waals surface area contributed by atoms with Gasteiger partial charge in [0, 0.05) is 13.1 Å². The predicted molar refractivity (Wildman–Crippen MR) is 82.8 cm³/mol. The molecule has 19 heavy (non-hydrogen) atoms. The molecule has 104 valence electrons. The molecule has 0 bridgehead atoms. The number of para-hydroxylation sites is 1. The van der Waals surface area contributed by atoms with E-state index in [0.29, 0.717) is 0 Å². The second-order valence-corrected chi connectivity index (χ2v) is 5.35. The fourth-order valence-corrected chi connectivity index (χ4v) is 2.39. The van der Waals surface area contributed by atoms with E-state index in [9.17, 15) is 0 Å². The van der Waals surface area contributed by atoms with Crippen LogP contribution in [-0.4, -0.2) is 42.2 Å². The Morgan fingerprint density at radius 2 is 2.00 bits per heavy atom. The van der Waals surface area contributed by atoms with Gasteiger partial charge in [-0.25, -0.2) is 0 Å². The molecule has 1 unspecified atom stereocenters. The molecule has 1 saturated heterocycles. The third-order valence-electron chi connectivity index (χ3n) is 3.35. The van der Waals surface area contributed by atoms with Gasteiger partial charge in [0.15, 0.2) is 0 Å². The summed E-state index contributed by atoms with van der Waals surface area (Å²) in [4.78, 5) is 3.25. The van der Waals surface area contributed by atoms with Crippen molar-refractivity contribution in [3.8, 4) is 5.75 Å². The van der Waals surface area contributed by atoms with Gasteiger partial charge in [-0.05, 0) is 45.0 Å². The van der Waals surface area contributed by atoms with E-state index in [4.69, 9.17) is 17.0 Å². The van der Waals surface area contributed by atoms with E-state index in [-0.39, 0.29) is 6.10 Å². The SMILES string of the molecule is CC(Oc1ccccc1)C(=S)NCCN1CCCC1. The molecule has 0 aliphatic carbocycles. The van der Waals surface area contributed by atoms with E-state index in [1.54, 1.807) is 0 Å². The molecule has 1 aromatic rings. The second kappa shape index (κ2) is 7.46. The molecule has 2 rings (SSSR count). The summed E-state index contributed by atoms with van der Waals surface area (Å²) in [6.45, 7) is 6.41. The van der Waals surface area contributed by atoms with Crippen LogP contribution in [0.2, 0.25) is 0 Å². The van der Waals surface area contributed by atoms with Gasteiger partial charge in [-0.15, -0.1) is 0 Å². The summed E-state index contributed by atoms with van der Waals surface area (Å²) in [7, 11) is 0. The summed E-state index contributed by atoms with van der Waals surface area (Å²) >= 11 is 5.36. The van der Waals surface area contributed by atoms with E-state index >= 15 is 0 Å². The highest BCUT2D eigenvalue weighted by Crippen LogP contribution is 2.11. The normalized spacial score (nSPS) is 17.1. The number of rotatable bonds is 6. The van der Waals surface area contributed by atoms with E-state index in [0.717, 1.165) is 23.8 Å². The Hall–Kier alpha value is -1.13. The number of nitrogens with zero attached hydrogens (tertiary/aromatic N) is 1. The summed E-state index contributed by atoms with van der Waals surface area (Å²) in [6, 6.07) is 9.80. The minimum atomic E-state index is -0.0871. The van der Waals surface area contributed by atoms with Crippen molar-refractivity contribution in [3.63, 3.8) is 0 Å². The Kier molecular flexibility index (Phi) is 5.61. The number of thiocarbonyl (C=S) groups is 1. The molecule has 1 aromatic carbocycles. The summed E-state index contributed by atoms with van der Waals surface area (Å²) < 4.78 is 5.78. The van der Waals surface area contributed by atoms with Crippen LogP contribution < -0.4 is 10.1 Å². The average Bonchev–Trinajstić information content (AvgIpc) is 2.93. The maximum atomic E-state index is 5.78. The van der Waals surface area contributed by atoms with Crippen molar-refractivity contribution in [1.29, 1.82) is 0 Å². The molecule has 1 heterocycles. The summed E-state index contributed by atoms with van der Waals surface area (Å²) in [5, 5.41) is 3.29. The first kappa shape index (κ1) is 14.3. The number of hydrogen-bond donors (Lipinski definition) is 1.